The quantitative estimate of drug-likeness (QED) is 0.816. The molecule has 0 aromatic carbocycles. The van der Waals surface area contributed by atoms with Gasteiger partial charge in [0.2, 0.25) is 5.91 Å². The highest BCUT2D eigenvalue weighted by Crippen LogP contribution is 2.27. The number of rotatable bonds is 2. The van der Waals surface area contributed by atoms with E-state index < -0.39 is 0 Å². The molecule has 2 rings (SSSR count). The second kappa shape index (κ2) is 5.01. The third-order valence-corrected chi connectivity index (χ3v) is 3.50. The van der Waals surface area contributed by atoms with Crippen molar-refractivity contribution in [3.63, 3.8) is 0 Å². The number of carbonyl (C=O) groups excluding carboxylic acids is 2. The summed E-state index contributed by atoms with van der Waals surface area (Å²) in [6.45, 7) is 1.99. The maximum absolute atomic E-state index is 11.8. The maximum Gasteiger partial charge on any atom is 0.229 e. The van der Waals surface area contributed by atoms with Gasteiger partial charge in [0.05, 0.1) is 0 Å². The average molecular weight is 272 g/mol. The summed E-state index contributed by atoms with van der Waals surface area (Å²) in [6, 6.07) is 3.23. The Morgan fingerprint density at radius 1 is 1.53 bits per heavy atom. The molecule has 0 N–H and O–H groups in total. The average Bonchev–Trinajstić information content (AvgIpc) is 2.59. The molecule has 7 heteroatoms. The highest BCUT2D eigenvalue weighted by molar-refractivity contribution is 8.14. The van der Waals surface area contributed by atoms with Crippen LogP contribution in [0.1, 0.15) is 13.3 Å². The van der Waals surface area contributed by atoms with Gasteiger partial charge >= 0.3 is 0 Å². The number of nitrogens with zero attached hydrogens (tertiary/aromatic N) is 3. The number of hydrogen-bond acceptors (Lipinski definition) is 5. The molecular formula is C10H10ClN3O2S. The van der Waals surface area contributed by atoms with Gasteiger partial charge in [0, 0.05) is 25.1 Å². The number of halogens is 1. The highest BCUT2D eigenvalue weighted by atomic mass is 35.5. The third kappa shape index (κ3) is 2.95. The van der Waals surface area contributed by atoms with Crippen molar-refractivity contribution in [1.29, 1.82) is 0 Å². The van der Waals surface area contributed by atoms with Gasteiger partial charge in [-0.15, -0.1) is 10.2 Å². The van der Waals surface area contributed by atoms with Gasteiger partial charge in [-0.05, 0) is 12.1 Å². The van der Waals surface area contributed by atoms with Crippen molar-refractivity contribution in [2.45, 2.75) is 18.6 Å². The first-order chi connectivity index (χ1) is 8.06. The van der Waals surface area contributed by atoms with Gasteiger partial charge in [0.1, 0.15) is 0 Å². The molecule has 2 heterocycles. The predicted octanol–water partition coefficient (Wildman–Crippen LogP) is 1.51. The van der Waals surface area contributed by atoms with E-state index in [1.165, 1.54) is 23.6 Å². The van der Waals surface area contributed by atoms with Crippen LogP contribution in [0.4, 0.5) is 5.82 Å². The number of carbonyl (C=O) groups is 2. The topological polar surface area (TPSA) is 63.2 Å². The van der Waals surface area contributed by atoms with Crippen LogP contribution in [-0.4, -0.2) is 33.0 Å². The van der Waals surface area contributed by atoms with Crippen LogP contribution in [0, 0.1) is 0 Å². The zero-order valence-electron chi connectivity index (χ0n) is 9.09. The van der Waals surface area contributed by atoms with E-state index in [0.29, 0.717) is 18.8 Å². The van der Waals surface area contributed by atoms with E-state index >= 15 is 0 Å². The molecule has 5 nitrogen and oxygen atoms in total. The molecule has 0 radical (unpaired) electrons. The normalized spacial score (nSPS) is 19.8. The minimum absolute atomic E-state index is 0.00234. The first-order valence-corrected chi connectivity index (χ1v) is 6.29. The van der Waals surface area contributed by atoms with E-state index in [2.05, 4.69) is 10.2 Å². The monoisotopic (exact) mass is 271 g/mol. The molecule has 1 amide bonds. The van der Waals surface area contributed by atoms with E-state index in [0.717, 1.165) is 0 Å². The Balaban J connectivity index is 2.10. The Bertz CT molecular complexity index is 451. The molecule has 0 saturated carbocycles. The van der Waals surface area contributed by atoms with Crippen LogP contribution in [0.25, 0.3) is 0 Å². The molecule has 17 heavy (non-hydrogen) atoms. The Morgan fingerprint density at radius 3 is 2.88 bits per heavy atom. The van der Waals surface area contributed by atoms with Gasteiger partial charge in [-0.2, -0.15) is 0 Å². The zero-order chi connectivity index (χ0) is 12.4. The summed E-state index contributed by atoms with van der Waals surface area (Å²) in [5, 5.41) is 7.85. The Hall–Kier alpha value is -1.14. The van der Waals surface area contributed by atoms with Crippen LogP contribution < -0.4 is 4.90 Å². The van der Waals surface area contributed by atoms with Crippen molar-refractivity contribution >= 4 is 40.2 Å². The van der Waals surface area contributed by atoms with Crippen molar-refractivity contribution < 1.29 is 9.59 Å². The molecule has 1 aromatic rings. The molecule has 0 bridgehead atoms. The molecule has 0 aliphatic carbocycles. The summed E-state index contributed by atoms with van der Waals surface area (Å²) >= 11 is 6.82. The smallest absolute Gasteiger partial charge is 0.229 e. The lowest BCUT2D eigenvalue weighted by molar-refractivity contribution is -0.117. The van der Waals surface area contributed by atoms with Crippen molar-refractivity contribution in [3.8, 4) is 0 Å². The van der Waals surface area contributed by atoms with E-state index in [1.54, 1.807) is 12.1 Å². The van der Waals surface area contributed by atoms with Crippen LogP contribution >= 0.6 is 23.4 Å². The molecule has 1 unspecified atom stereocenters. The fourth-order valence-electron chi connectivity index (χ4n) is 1.66. The van der Waals surface area contributed by atoms with Crippen molar-refractivity contribution in [3.05, 3.63) is 17.3 Å². The number of amides is 1. The fraction of sp³-hybridized carbons (Fsp3) is 0.400. The SMILES string of the molecule is CC(=O)SC1CC(=O)N(c2ccc(Cl)nn2)C1. The van der Waals surface area contributed by atoms with Gasteiger partial charge in [0.15, 0.2) is 16.1 Å². The lowest BCUT2D eigenvalue weighted by Crippen LogP contribution is -2.26. The Labute approximate surface area is 108 Å². The maximum atomic E-state index is 11.8. The van der Waals surface area contributed by atoms with Crippen LogP contribution in [0.15, 0.2) is 12.1 Å². The molecule has 90 valence electrons. The standard InChI is InChI=1S/C10H10ClN3O2S/c1-6(15)17-7-4-10(16)14(5-7)9-3-2-8(11)12-13-9/h2-3,7H,4-5H2,1H3. The molecular weight excluding hydrogens is 262 g/mol. The van der Waals surface area contributed by atoms with E-state index in [1.807, 2.05) is 0 Å². The van der Waals surface area contributed by atoms with Crippen molar-refractivity contribution in [2.75, 3.05) is 11.4 Å². The van der Waals surface area contributed by atoms with Gasteiger partial charge in [0.25, 0.3) is 0 Å². The number of anilines is 1. The summed E-state index contributed by atoms with van der Waals surface area (Å²) in [5.41, 5.74) is 0. The van der Waals surface area contributed by atoms with Crippen LogP contribution in [0.2, 0.25) is 5.15 Å². The highest BCUT2D eigenvalue weighted by Gasteiger charge is 2.32. The predicted molar refractivity (Wildman–Crippen MR) is 66.1 cm³/mol. The van der Waals surface area contributed by atoms with E-state index in [-0.39, 0.29) is 21.4 Å². The molecule has 1 aliphatic rings. The van der Waals surface area contributed by atoms with Crippen molar-refractivity contribution in [2.24, 2.45) is 0 Å². The summed E-state index contributed by atoms with van der Waals surface area (Å²) in [7, 11) is 0. The first-order valence-electron chi connectivity index (χ1n) is 5.03. The second-order valence-electron chi connectivity index (χ2n) is 3.65. The summed E-state index contributed by atoms with van der Waals surface area (Å²) in [5.74, 6) is 0.437. The van der Waals surface area contributed by atoms with Gasteiger partial charge in [-0.3, -0.25) is 14.5 Å². The summed E-state index contributed by atoms with van der Waals surface area (Å²) < 4.78 is 0. The Morgan fingerprint density at radius 2 is 2.29 bits per heavy atom. The number of thioether (sulfide) groups is 1. The first kappa shape index (κ1) is 12.3. The van der Waals surface area contributed by atoms with E-state index in [9.17, 15) is 9.59 Å². The third-order valence-electron chi connectivity index (χ3n) is 2.32. The lowest BCUT2D eigenvalue weighted by Gasteiger charge is -2.13. The molecule has 0 spiro atoms. The van der Waals surface area contributed by atoms with Crippen molar-refractivity contribution in [1.82, 2.24) is 10.2 Å². The minimum atomic E-state index is -0.0413. The number of aromatic nitrogens is 2. The zero-order valence-corrected chi connectivity index (χ0v) is 10.7. The van der Waals surface area contributed by atoms with Crippen LogP contribution in [-0.2, 0) is 9.59 Å². The lowest BCUT2D eigenvalue weighted by atomic mass is 10.4. The minimum Gasteiger partial charge on any atom is -0.294 e. The largest absolute Gasteiger partial charge is 0.294 e. The molecule has 1 aliphatic heterocycles. The molecule has 1 saturated heterocycles. The van der Waals surface area contributed by atoms with E-state index in [4.69, 9.17) is 11.6 Å². The van der Waals surface area contributed by atoms with Gasteiger partial charge < -0.3 is 0 Å². The second-order valence-corrected chi connectivity index (χ2v) is 5.52. The molecule has 1 fully saturated rings. The van der Waals surface area contributed by atoms with Gasteiger partial charge in [-0.1, -0.05) is 23.4 Å². The van der Waals surface area contributed by atoms with Crippen LogP contribution in [0.3, 0.4) is 0 Å². The van der Waals surface area contributed by atoms with Crippen LogP contribution in [0.5, 0.6) is 0 Å². The summed E-state index contributed by atoms with van der Waals surface area (Å²) in [6.07, 6.45) is 0.356. The van der Waals surface area contributed by atoms with Gasteiger partial charge in [-0.25, -0.2) is 0 Å². The number of hydrogen-bond donors (Lipinski definition) is 0. The summed E-state index contributed by atoms with van der Waals surface area (Å²) in [4.78, 5) is 24.3. The molecule has 1 atom stereocenters. The molecule has 1 aromatic heterocycles. The Kier molecular flexibility index (Phi) is 3.63. The fourth-order valence-corrected chi connectivity index (χ4v) is 2.68.